The van der Waals surface area contributed by atoms with Gasteiger partial charge in [0.15, 0.2) is 6.29 Å². The van der Waals surface area contributed by atoms with Crippen molar-refractivity contribution in [3.05, 3.63) is 85.5 Å². The molecule has 2 aromatic carbocycles. The van der Waals surface area contributed by atoms with Crippen LogP contribution in [-0.4, -0.2) is 46.6 Å². The fourth-order valence-electron chi connectivity index (χ4n) is 4.29. The monoisotopic (exact) mass is 462 g/mol. The van der Waals surface area contributed by atoms with Crippen molar-refractivity contribution in [1.82, 2.24) is 0 Å². The van der Waals surface area contributed by atoms with Crippen molar-refractivity contribution in [2.24, 2.45) is 0 Å². The maximum absolute atomic E-state index is 7.04. The molecule has 2 aromatic rings. The number of hydrogen-bond acceptors (Lipinski definition) is 4. The Balaban J connectivity index is 1.96. The lowest BCUT2D eigenvalue weighted by Gasteiger charge is -2.44. The maximum Gasteiger partial charge on any atom is 0.261 e. The Hall–Kier alpha value is -2.46. The van der Waals surface area contributed by atoms with Crippen LogP contribution in [0.15, 0.2) is 85.5 Å². The fourth-order valence-corrected chi connectivity index (χ4v) is 8.86. The first-order chi connectivity index (χ1) is 15.9. The van der Waals surface area contributed by atoms with Crippen molar-refractivity contribution in [1.29, 1.82) is 0 Å². The first-order valence-corrected chi connectivity index (χ1v) is 13.2. The lowest BCUT2D eigenvalue weighted by atomic mass is 10.1. The summed E-state index contributed by atoms with van der Waals surface area (Å²) in [6.45, 7) is 11.4. The molecule has 4 nitrogen and oxygen atoms in total. The van der Waals surface area contributed by atoms with Crippen LogP contribution < -0.4 is 10.4 Å². The number of terminal acetylenes is 1. The van der Waals surface area contributed by atoms with Gasteiger partial charge in [0.2, 0.25) is 0 Å². The maximum atomic E-state index is 7.04. The molecule has 3 atom stereocenters. The summed E-state index contributed by atoms with van der Waals surface area (Å²) in [4.78, 5) is 0. The van der Waals surface area contributed by atoms with E-state index >= 15 is 0 Å². The van der Waals surface area contributed by atoms with Gasteiger partial charge in [-0.05, 0) is 21.5 Å². The van der Waals surface area contributed by atoms with Gasteiger partial charge in [-0.15, -0.1) is 13.0 Å². The van der Waals surface area contributed by atoms with Crippen LogP contribution in [0.3, 0.4) is 0 Å². The van der Waals surface area contributed by atoms with Gasteiger partial charge in [0.25, 0.3) is 8.32 Å². The molecule has 0 N–H and O–H groups in total. The van der Waals surface area contributed by atoms with Crippen LogP contribution >= 0.6 is 0 Å². The first kappa shape index (κ1) is 25.2. The summed E-state index contributed by atoms with van der Waals surface area (Å²) in [5, 5.41) is 2.31. The van der Waals surface area contributed by atoms with E-state index in [0.717, 1.165) is 0 Å². The number of benzene rings is 2. The van der Waals surface area contributed by atoms with Crippen molar-refractivity contribution in [3.63, 3.8) is 0 Å². The molecule has 0 saturated heterocycles. The summed E-state index contributed by atoms with van der Waals surface area (Å²) in [7, 11) is -2.70. The van der Waals surface area contributed by atoms with Crippen LogP contribution in [0, 0.1) is 12.3 Å². The summed E-state index contributed by atoms with van der Waals surface area (Å²) >= 11 is 0. The van der Waals surface area contributed by atoms with Gasteiger partial charge in [-0.25, -0.2) is 0 Å². The average molecular weight is 463 g/mol. The molecular weight excluding hydrogens is 428 g/mol. The molecule has 0 unspecified atom stereocenters. The van der Waals surface area contributed by atoms with Gasteiger partial charge in [-0.2, -0.15) is 0 Å². The van der Waals surface area contributed by atoms with E-state index in [1.165, 1.54) is 10.4 Å². The van der Waals surface area contributed by atoms with Gasteiger partial charge in [0.1, 0.15) is 18.8 Å². The molecular formula is C28H34O4Si. The highest BCUT2D eigenvalue weighted by atomic mass is 28.4. The standard InChI is InChI=1S/C28H34O4Si/c1-6-20-29-25-18-19-27(30-21-7-2)32-26(25)22-31-33(28(3,4)5,23-14-10-8-11-15-23)24-16-12-9-13-17-24/h1,7-19,25-27H,2,20-22H2,3-5H3/t25-,26+,27-/m0/s1. The minimum Gasteiger partial charge on any atom is -0.405 e. The van der Waals surface area contributed by atoms with E-state index in [1.54, 1.807) is 6.08 Å². The number of rotatable bonds is 10. The smallest absolute Gasteiger partial charge is 0.261 e. The zero-order chi connectivity index (χ0) is 23.7. The highest BCUT2D eigenvalue weighted by Crippen LogP contribution is 2.37. The van der Waals surface area contributed by atoms with E-state index in [-0.39, 0.29) is 23.9 Å². The molecule has 0 amide bonds. The Bertz CT molecular complexity index is 904. The van der Waals surface area contributed by atoms with Crippen LogP contribution in [0.5, 0.6) is 0 Å². The summed E-state index contributed by atoms with van der Waals surface area (Å²) in [5.74, 6) is 2.54. The van der Waals surface area contributed by atoms with Crippen molar-refractivity contribution >= 4 is 18.7 Å². The van der Waals surface area contributed by atoms with Crippen LogP contribution in [0.1, 0.15) is 20.8 Å². The molecule has 5 heteroatoms. The summed E-state index contributed by atoms with van der Waals surface area (Å²) in [5.41, 5.74) is 0. The van der Waals surface area contributed by atoms with Crippen LogP contribution in [0.25, 0.3) is 0 Å². The zero-order valence-electron chi connectivity index (χ0n) is 19.8. The molecule has 1 aliphatic rings. The van der Waals surface area contributed by atoms with Crippen molar-refractivity contribution < 1.29 is 18.6 Å². The molecule has 33 heavy (non-hydrogen) atoms. The van der Waals surface area contributed by atoms with Crippen molar-refractivity contribution in [2.75, 3.05) is 19.8 Å². The molecule has 1 heterocycles. The molecule has 0 fully saturated rings. The molecule has 0 saturated carbocycles. The Morgan fingerprint density at radius 3 is 2.12 bits per heavy atom. The zero-order valence-corrected chi connectivity index (χ0v) is 20.8. The third-order valence-corrected chi connectivity index (χ3v) is 10.8. The molecule has 0 bridgehead atoms. The fraction of sp³-hybridized carbons (Fsp3) is 0.357. The van der Waals surface area contributed by atoms with Gasteiger partial charge in [0.05, 0.1) is 13.2 Å². The van der Waals surface area contributed by atoms with E-state index in [4.69, 9.17) is 25.1 Å². The second-order valence-electron chi connectivity index (χ2n) is 9.00. The van der Waals surface area contributed by atoms with E-state index in [0.29, 0.717) is 13.2 Å². The summed E-state index contributed by atoms with van der Waals surface area (Å²) in [6.07, 6.45) is 9.78. The minimum absolute atomic E-state index is 0.131. The van der Waals surface area contributed by atoms with Gasteiger partial charge in [0, 0.05) is 0 Å². The Labute approximate surface area is 199 Å². The molecule has 0 aliphatic carbocycles. The molecule has 174 valence electrons. The van der Waals surface area contributed by atoms with Crippen molar-refractivity contribution in [3.8, 4) is 12.3 Å². The van der Waals surface area contributed by atoms with Crippen LogP contribution in [0.2, 0.25) is 5.04 Å². The largest absolute Gasteiger partial charge is 0.405 e. The number of hydrogen-bond donors (Lipinski definition) is 0. The van der Waals surface area contributed by atoms with E-state index in [1.807, 2.05) is 24.3 Å². The summed E-state index contributed by atoms with van der Waals surface area (Å²) < 4.78 is 24.9. The van der Waals surface area contributed by atoms with Crippen LogP contribution in [-0.2, 0) is 18.6 Å². The normalized spacial score (nSPS) is 20.8. The SMILES string of the molecule is C#CCO[C@H]1C=C[C@@H](OCC=C)O[C@@H]1CO[Si](c1ccccc1)(c1ccccc1)C(C)(C)C. The molecule has 0 spiro atoms. The predicted molar refractivity (Wildman–Crippen MR) is 136 cm³/mol. The average Bonchev–Trinajstić information content (AvgIpc) is 2.83. The molecule has 3 rings (SSSR count). The molecule has 0 radical (unpaired) electrons. The topological polar surface area (TPSA) is 36.9 Å². The Morgan fingerprint density at radius 2 is 1.61 bits per heavy atom. The lowest BCUT2D eigenvalue weighted by Crippen LogP contribution is -2.67. The Morgan fingerprint density at radius 1 is 1.00 bits per heavy atom. The Kier molecular flexibility index (Phi) is 8.85. The first-order valence-electron chi connectivity index (χ1n) is 11.3. The second kappa shape index (κ2) is 11.6. The van der Waals surface area contributed by atoms with E-state index < -0.39 is 14.6 Å². The van der Waals surface area contributed by atoms with Gasteiger partial charge in [-0.1, -0.05) is 99.5 Å². The van der Waals surface area contributed by atoms with Gasteiger partial charge >= 0.3 is 0 Å². The predicted octanol–water partition coefficient (Wildman–Crippen LogP) is 4.07. The van der Waals surface area contributed by atoms with Gasteiger partial charge < -0.3 is 18.6 Å². The van der Waals surface area contributed by atoms with Crippen molar-refractivity contribution in [2.45, 2.75) is 44.3 Å². The molecule has 1 aliphatic heterocycles. The third-order valence-electron chi connectivity index (χ3n) is 5.75. The van der Waals surface area contributed by atoms with Crippen LogP contribution in [0.4, 0.5) is 0 Å². The van der Waals surface area contributed by atoms with Gasteiger partial charge in [-0.3, -0.25) is 0 Å². The third kappa shape index (κ3) is 5.91. The second-order valence-corrected chi connectivity index (χ2v) is 13.3. The molecule has 0 aromatic heterocycles. The minimum atomic E-state index is -2.70. The lowest BCUT2D eigenvalue weighted by molar-refractivity contribution is -0.180. The van der Waals surface area contributed by atoms with E-state index in [9.17, 15) is 0 Å². The highest BCUT2D eigenvalue weighted by Gasteiger charge is 2.50. The number of ether oxygens (including phenoxy) is 3. The summed E-state index contributed by atoms with van der Waals surface area (Å²) in [6, 6.07) is 21.1. The quantitative estimate of drug-likeness (QED) is 0.303. The highest BCUT2D eigenvalue weighted by molar-refractivity contribution is 6.99. The van der Waals surface area contributed by atoms with E-state index in [2.05, 4.69) is 81.8 Å².